The zero-order chi connectivity index (χ0) is 18.3. The van der Waals surface area contributed by atoms with Crippen LogP contribution in [0.5, 0.6) is 11.5 Å². The largest absolute Gasteiger partial charge is 0.493 e. The lowest BCUT2D eigenvalue weighted by molar-refractivity contribution is 0.0742. The Morgan fingerprint density at radius 3 is 3.04 bits per heavy atom. The van der Waals surface area contributed by atoms with Gasteiger partial charge in [0.15, 0.2) is 17.2 Å². The highest BCUT2D eigenvalue weighted by atomic mass is 16.5. The molecule has 1 aromatic heterocycles. The first kappa shape index (κ1) is 16.4. The van der Waals surface area contributed by atoms with Crippen molar-refractivity contribution in [3.05, 3.63) is 41.2 Å². The Bertz CT molecular complexity index is 876. The van der Waals surface area contributed by atoms with Gasteiger partial charge in [-0.3, -0.25) is 14.3 Å². The predicted octanol–water partition coefficient (Wildman–Crippen LogP) is 0.711. The van der Waals surface area contributed by atoms with Gasteiger partial charge in [0.25, 0.3) is 11.8 Å². The summed E-state index contributed by atoms with van der Waals surface area (Å²) >= 11 is 0. The van der Waals surface area contributed by atoms with Gasteiger partial charge in [-0.15, -0.1) is 0 Å². The number of likely N-dealkylation sites (N-methyl/N-ethyl adjacent to an activating group) is 1. The average molecular weight is 356 g/mol. The number of ether oxygens (including phenoxy) is 2. The molecule has 2 aliphatic heterocycles. The van der Waals surface area contributed by atoms with Gasteiger partial charge in [-0.1, -0.05) is 12.1 Å². The fourth-order valence-electron chi connectivity index (χ4n) is 3.32. The summed E-state index contributed by atoms with van der Waals surface area (Å²) in [6, 6.07) is 7.09. The maximum absolute atomic E-state index is 12.6. The number of nitrogens with one attached hydrogen (secondary N) is 1. The number of carbonyl (C=O) groups is 2. The van der Waals surface area contributed by atoms with Crippen LogP contribution < -0.4 is 14.8 Å². The number of aromatic nitrogens is 2. The van der Waals surface area contributed by atoms with Crippen molar-refractivity contribution in [2.45, 2.75) is 19.0 Å². The third-order valence-corrected chi connectivity index (χ3v) is 4.74. The van der Waals surface area contributed by atoms with Crippen LogP contribution >= 0.6 is 0 Å². The van der Waals surface area contributed by atoms with E-state index in [1.165, 1.54) is 0 Å². The first-order chi connectivity index (χ1) is 12.6. The van der Waals surface area contributed by atoms with Crippen LogP contribution in [0.2, 0.25) is 0 Å². The molecule has 26 heavy (non-hydrogen) atoms. The number of benzene rings is 1. The second kappa shape index (κ2) is 6.36. The molecule has 8 heteroatoms. The molecular weight excluding hydrogens is 336 g/mol. The highest BCUT2D eigenvalue weighted by Gasteiger charge is 2.28. The highest BCUT2D eigenvalue weighted by Crippen LogP contribution is 2.34. The summed E-state index contributed by atoms with van der Waals surface area (Å²) in [5.41, 5.74) is 1.68. The Morgan fingerprint density at radius 1 is 1.38 bits per heavy atom. The van der Waals surface area contributed by atoms with E-state index in [4.69, 9.17) is 9.47 Å². The van der Waals surface area contributed by atoms with Gasteiger partial charge in [-0.25, -0.2) is 0 Å². The van der Waals surface area contributed by atoms with Gasteiger partial charge < -0.3 is 19.7 Å². The van der Waals surface area contributed by atoms with Crippen LogP contribution in [-0.4, -0.2) is 59.8 Å². The maximum Gasteiger partial charge on any atom is 0.272 e. The predicted molar refractivity (Wildman–Crippen MR) is 92.6 cm³/mol. The van der Waals surface area contributed by atoms with Gasteiger partial charge in [0.1, 0.15) is 12.3 Å². The molecule has 0 bridgehead atoms. The van der Waals surface area contributed by atoms with Crippen LogP contribution in [0.1, 0.15) is 26.5 Å². The smallest absolute Gasteiger partial charge is 0.272 e. The zero-order valence-electron chi connectivity index (χ0n) is 14.7. The number of methoxy groups -OCH3 is 1. The average Bonchev–Trinajstić information content (AvgIpc) is 3.09. The van der Waals surface area contributed by atoms with E-state index in [2.05, 4.69) is 10.4 Å². The van der Waals surface area contributed by atoms with E-state index in [0.29, 0.717) is 37.6 Å². The third kappa shape index (κ3) is 2.77. The second-order valence-corrected chi connectivity index (χ2v) is 6.50. The summed E-state index contributed by atoms with van der Waals surface area (Å²) in [7, 11) is 3.34. The third-order valence-electron chi connectivity index (χ3n) is 4.74. The summed E-state index contributed by atoms with van der Waals surface area (Å²) in [6.07, 6.45) is 0.646. The van der Waals surface area contributed by atoms with Crippen molar-refractivity contribution in [2.24, 2.45) is 0 Å². The van der Waals surface area contributed by atoms with Gasteiger partial charge in [0.2, 0.25) is 0 Å². The fraction of sp³-hybridized carbons (Fsp3) is 0.389. The molecule has 1 unspecified atom stereocenters. The molecule has 0 saturated carbocycles. The number of amides is 2. The summed E-state index contributed by atoms with van der Waals surface area (Å²) < 4.78 is 12.7. The summed E-state index contributed by atoms with van der Waals surface area (Å²) in [6.45, 7) is 1.53. The Hall–Kier alpha value is -3.03. The summed E-state index contributed by atoms with van der Waals surface area (Å²) in [5.74, 6) is 0.996. The lowest BCUT2D eigenvalue weighted by Crippen LogP contribution is -2.43. The van der Waals surface area contributed by atoms with Gasteiger partial charge in [0, 0.05) is 25.2 Å². The molecule has 8 nitrogen and oxygen atoms in total. The zero-order valence-corrected chi connectivity index (χ0v) is 14.7. The number of fused-ring (bicyclic) bond motifs is 2. The Balaban J connectivity index is 1.48. The SMILES string of the molecule is COc1cccc2c1OCC(NC(=O)c1cc3n(n1)CCN(C)C3=O)C2. The van der Waals surface area contributed by atoms with E-state index in [-0.39, 0.29) is 23.6 Å². The van der Waals surface area contributed by atoms with Crippen molar-refractivity contribution < 1.29 is 19.1 Å². The van der Waals surface area contributed by atoms with E-state index < -0.39 is 0 Å². The number of hydrogen-bond donors (Lipinski definition) is 1. The van der Waals surface area contributed by atoms with Gasteiger partial charge in [0.05, 0.1) is 19.7 Å². The van der Waals surface area contributed by atoms with Crippen LogP contribution in [0, 0.1) is 0 Å². The molecule has 2 aliphatic rings. The number of rotatable bonds is 3. The lowest BCUT2D eigenvalue weighted by atomic mass is 10.0. The molecule has 4 rings (SSSR count). The van der Waals surface area contributed by atoms with Gasteiger partial charge in [-0.2, -0.15) is 5.10 Å². The molecule has 2 amide bonds. The molecule has 0 saturated heterocycles. The topological polar surface area (TPSA) is 85.7 Å². The molecule has 0 fully saturated rings. The number of para-hydroxylation sites is 1. The molecule has 1 atom stereocenters. The number of nitrogens with zero attached hydrogens (tertiary/aromatic N) is 3. The van der Waals surface area contributed by atoms with Gasteiger partial charge in [-0.05, 0) is 12.5 Å². The van der Waals surface area contributed by atoms with Crippen molar-refractivity contribution in [3.63, 3.8) is 0 Å². The first-order valence-corrected chi connectivity index (χ1v) is 8.49. The Labute approximate surface area is 150 Å². The van der Waals surface area contributed by atoms with Crippen molar-refractivity contribution >= 4 is 11.8 Å². The molecule has 0 aliphatic carbocycles. The standard InChI is InChI=1S/C18H20N4O4/c1-21-6-7-22-14(18(21)24)9-13(20-22)17(23)19-12-8-11-4-3-5-15(25-2)16(11)26-10-12/h3-5,9,12H,6-8,10H2,1-2H3,(H,19,23). The van der Waals surface area contributed by atoms with Crippen molar-refractivity contribution in [1.29, 1.82) is 0 Å². The molecular formula is C18H20N4O4. The van der Waals surface area contributed by atoms with Crippen molar-refractivity contribution in [1.82, 2.24) is 20.0 Å². The van der Waals surface area contributed by atoms with Gasteiger partial charge >= 0.3 is 0 Å². The van der Waals surface area contributed by atoms with Crippen LogP contribution in [-0.2, 0) is 13.0 Å². The minimum Gasteiger partial charge on any atom is -0.493 e. The number of carbonyl (C=O) groups excluding carboxylic acids is 2. The van der Waals surface area contributed by atoms with Crippen LogP contribution in [0.25, 0.3) is 0 Å². The molecule has 0 spiro atoms. The lowest BCUT2D eigenvalue weighted by Gasteiger charge is -2.26. The second-order valence-electron chi connectivity index (χ2n) is 6.50. The molecule has 1 N–H and O–H groups in total. The molecule has 136 valence electrons. The fourth-order valence-corrected chi connectivity index (χ4v) is 3.32. The molecule has 1 aromatic carbocycles. The molecule has 2 aromatic rings. The van der Waals surface area contributed by atoms with E-state index in [9.17, 15) is 9.59 Å². The normalized spacial score (nSPS) is 18.6. The monoisotopic (exact) mass is 356 g/mol. The van der Waals surface area contributed by atoms with E-state index >= 15 is 0 Å². The van der Waals surface area contributed by atoms with E-state index in [1.807, 2.05) is 18.2 Å². The first-order valence-electron chi connectivity index (χ1n) is 8.49. The van der Waals surface area contributed by atoms with Crippen LogP contribution in [0.3, 0.4) is 0 Å². The Kier molecular flexibility index (Phi) is 4.02. The minimum absolute atomic E-state index is 0.121. The number of hydrogen-bond acceptors (Lipinski definition) is 5. The minimum atomic E-state index is -0.303. The van der Waals surface area contributed by atoms with Crippen LogP contribution in [0.15, 0.2) is 24.3 Å². The van der Waals surface area contributed by atoms with Crippen LogP contribution in [0.4, 0.5) is 0 Å². The maximum atomic E-state index is 12.6. The summed E-state index contributed by atoms with van der Waals surface area (Å²) in [4.78, 5) is 26.3. The highest BCUT2D eigenvalue weighted by molar-refractivity contribution is 5.98. The van der Waals surface area contributed by atoms with E-state index in [0.717, 1.165) is 11.3 Å². The molecule has 3 heterocycles. The Morgan fingerprint density at radius 2 is 2.23 bits per heavy atom. The van der Waals surface area contributed by atoms with Crippen molar-refractivity contribution in [2.75, 3.05) is 27.3 Å². The van der Waals surface area contributed by atoms with Crippen molar-refractivity contribution in [3.8, 4) is 11.5 Å². The molecule has 0 radical (unpaired) electrons. The van der Waals surface area contributed by atoms with E-state index in [1.54, 1.807) is 29.8 Å². The summed E-state index contributed by atoms with van der Waals surface area (Å²) in [5, 5.41) is 7.21. The quantitative estimate of drug-likeness (QED) is 0.875.